The van der Waals surface area contributed by atoms with E-state index in [1.165, 1.54) is 0 Å². The highest BCUT2D eigenvalue weighted by molar-refractivity contribution is 5.80. The second kappa shape index (κ2) is 7.66. The second-order valence-corrected chi connectivity index (χ2v) is 7.55. The van der Waals surface area contributed by atoms with Gasteiger partial charge < -0.3 is 9.42 Å². The van der Waals surface area contributed by atoms with Crippen LogP contribution >= 0.6 is 0 Å². The summed E-state index contributed by atoms with van der Waals surface area (Å²) in [5, 5.41) is 12.2. The van der Waals surface area contributed by atoms with Crippen LogP contribution < -0.4 is 0 Å². The van der Waals surface area contributed by atoms with E-state index in [1.54, 1.807) is 17.2 Å². The fourth-order valence-electron chi connectivity index (χ4n) is 4.01. The fraction of sp³-hybridized carbons (Fsp3) is 0.333. The quantitative estimate of drug-likeness (QED) is 0.516. The monoisotopic (exact) mass is 403 g/mol. The highest BCUT2D eigenvalue weighted by Crippen LogP contribution is 2.33. The van der Waals surface area contributed by atoms with Gasteiger partial charge in [-0.3, -0.25) is 4.79 Å². The zero-order valence-electron chi connectivity index (χ0n) is 16.6. The Morgan fingerprint density at radius 1 is 1.23 bits per heavy atom. The van der Waals surface area contributed by atoms with Crippen molar-refractivity contribution in [1.82, 2.24) is 35.0 Å². The van der Waals surface area contributed by atoms with Crippen molar-refractivity contribution in [2.75, 3.05) is 13.1 Å². The number of carbonyl (C=O) groups excluding carboxylic acids is 1. The molecule has 1 aromatic carbocycles. The number of hydrogen-bond donors (Lipinski definition) is 0. The SMILES string of the molecule is Cc1cc(-c2cncnc2C2CCN(C(=O)Cn3nnc4ccccc43)CC2)on1. The number of hydrogen-bond acceptors (Lipinski definition) is 7. The lowest BCUT2D eigenvalue weighted by Crippen LogP contribution is -2.40. The normalized spacial score (nSPS) is 15.0. The number of aromatic nitrogens is 6. The van der Waals surface area contributed by atoms with Crippen LogP contribution in [0.25, 0.3) is 22.4 Å². The van der Waals surface area contributed by atoms with Gasteiger partial charge in [-0.1, -0.05) is 22.5 Å². The molecule has 3 aromatic heterocycles. The van der Waals surface area contributed by atoms with E-state index in [0.717, 1.165) is 40.8 Å². The summed E-state index contributed by atoms with van der Waals surface area (Å²) in [5.74, 6) is 0.974. The molecule has 0 unspecified atom stereocenters. The highest BCUT2D eigenvalue weighted by atomic mass is 16.5. The number of benzene rings is 1. The number of rotatable bonds is 4. The summed E-state index contributed by atoms with van der Waals surface area (Å²) >= 11 is 0. The van der Waals surface area contributed by atoms with Gasteiger partial charge in [0.2, 0.25) is 5.91 Å². The summed E-state index contributed by atoms with van der Waals surface area (Å²) in [6.45, 7) is 3.43. The zero-order valence-corrected chi connectivity index (χ0v) is 16.6. The van der Waals surface area contributed by atoms with Gasteiger partial charge in [0.15, 0.2) is 5.76 Å². The van der Waals surface area contributed by atoms with E-state index in [-0.39, 0.29) is 18.4 Å². The number of carbonyl (C=O) groups is 1. The van der Waals surface area contributed by atoms with Crippen LogP contribution in [0.15, 0.2) is 47.4 Å². The molecule has 5 rings (SSSR count). The molecule has 0 radical (unpaired) electrons. The minimum absolute atomic E-state index is 0.0536. The summed E-state index contributed by atoms with van der Waals surface area (Å²) in [4.78, 5) is 23.4. The van der Waals surface area contributed by atoms with Crippen LogP contribution in [0.1, 0.15) is 30.1 Å². The molecule has 9 nitrogen and oxygen atoms in total. The number of likely N-dealkylation sites (tertiary alicyclic amines) is 1. The number of piperidine rings is 1. The van der Waals surface area contributed by atoms with Gasteiger partial charge in [0.05, 0.1) is 22.5 Å². The Bertz CT molecular complexity index is 1190. The van der Waals surface area contributed by atoms with Crippen LogP contribution in [0.3, 0.4) is 0 Å². The van der Waals surface area contributed by atoms with Gasteiger partial charge in [0.25, 0.3) is 0 Å². The molecule has 152 valence electrons. The first kappa shape index (κ1) is 18.4. The summed E-state index contributed by atoms with van der Waals surface area (Å²) in [5.41, 5.74) is 4.31. The van der Waals surface area contributed by atoms with Crippen molar-refractivity contribution < 1.29 is 9.32 Å². The molecule has 0 N–H and O–H groups in total. The number of amides is 1. The molecule has 1 aliphatic heterocycles. The van der Waals surface area contributed by atoms with Crippen LogP contribution in [0.2, 0.25) is 0 Å². The van der Waals surface area contributed by atoms with Gasteiger partial charge >= 0.3 is 0 Å². The van der Waals surface area contributed by atoms with E-state index in [9.17, 15) is 4.79 Å². The molecule has 9 heteroatoms. The summed E-state index contributed by atoms with van der Waals surface area (Å²) in [6.07, 6.45) is 5.01. The molecule has 0 atom stereocenters. The average Bonchev–Trinajstić information content (AvgIpc) is 3.40. The summed E-state index contributed by atoms with van der Waals surface area (Å²) < 4.78 is 7.09. The Balaban J connectivity index is 1.27. The fourth-order valence-corrected chi connectivity index (χ4v) is 4.01. The van der Waals surface area contributed by atoms with Crippen molar-refractivity contribution in [3.63, 3.8) is 0 Å². The van der Waals surface area contributed by atoms with E-state index in [1.807, 2.05) is 42.2 Å². The van der Waals surface area contributed by atoms with Gasteiger partial charge in [0.1, 0.15) is 18.4 Å². The standard InChI is InChI=1S/C21H21N7O2/c1-14-10-19(30-25-14)16-11-22-13-23-21(16)15-6-8-27(9-7-15)20(29)12-28-18-5-3-2-4-17(18)24-26-28/h2-5,10-11,13,15H,6-9,12H2,1H3. The van der Waals surface area contributed by atoms with Gasteiger partial charge in [-0.05, 0) is 31.9 Å². The number of para-hydroxylation sites is 1. The molecule has 0 bridgehead atoms. The number of aryl methyl sites for hydroxylation is 1. The van der Waals surface area contributed by atoms with E-state index < -0.39 is 0 Å². The molecule has 0 saturated carbocycles. The summed E-state index contributed by atoms with van der Waals surface area (Å²) in [7, 11) is 0. The lowest BCUT2D eigenvalue weighted by Gasteiger charge is -2.32. The van der Waals surface area contributed by atoms with Crippen molar-refractivity contribution in [2.24, 2.45) is 0 Å². The first-order chi connectivity index (χ1) is 14.7. The third-order valence-electron chi connectivity index (χ3n) is 5.58. The molecule has 30 heavy (non-hydrogen) atoms. The largest absolute Gasteiger partial charge is 0.356 e. The van der Waals surface area contributed by atoms with Crippen LogP contribution in [0, 0.1) is 6.92 Å². The van der Waals surface area contributed by atoms with Crippen molar-refractivity contribution in [2.45, 2.75) is 32.2 Å². The minimum Gasteiger partial charge on any atom is -0.356 e. The second-order valence-electron chi connectivity index (χ2n) is 7.55. The molecule has 1 aliphatic rings. The first-order valence-corrected chi connectivity index (χ1v) is 9.98. The van der Waals surface area contributed by atoms with Gasteiger partial charge in [-0.25, -0.2) is 14.6 Å². The van der Waals surface area contributed by atoms with Gasteiger partial charge in [-0.15, -0.1) is 5.10 Å². The van der Waals surface area contributed by atoms with Crippen LogP contribution in [-0.4, -0.2) is 54.0 Å². The molecular formula is C21H21N7O2. The third kappa shape index (κ3) is 3.42. The molecule has 1 fully saturated rings. The molecule has 4 heterocycles. The highest BCUT2D eigenvalue weighted by Gasteiger charge is 2.27. The Kier molecular flexibility index (Phi) is 4.70. The van der Waals surface area contributed by atoms with Crippen molar-refractivity contribution in [3.05, 3.63) is 54.2 Å². The zero-order chi connectivity index (χ0) is 20.5. The maximum Gasteiger partial charge on any atom is 0.244 e. The van der Waals surface area contributed by atoms with E-state index in [2.05, 4.69) is 25.4 Å². The Morgan fingerprint density at radius 3 is 2.87 bits per heavy atom. The van der Waals surface area contributed by atoms with Gasteiger partial charge in [0, 0.05) is 31.3 Å². The van der Waals surface area contributed by atoms with Crippen molar-refractivity contribution in [1.29, 1.82) is 0 Å². The first-order valence-electron chi connectivity index (χ1n) is 9.98. The molecule has 0 aliphatic carbocycles. The van der Waals surface area contributed by atoms with Crippen LogP contribution in [-0.2, 0) is 11.3 Å². The van der Waals surface area contributed by atoms with Gasteiger partial charge in [-0.2, -0.15) is 0 Å². The lowest BCUT2D eigenvalue weighted by atomic mass is 9.90. The third-order valence-corrected chi connectivity index (χ3v) is 5.58. The molecule has 1 amide bonds. The van der Waals surface area contributed by atoms with E-state index in [0.29, 0.717) is 18.8 Å². The predicted molar refractivity (Wildman–Crippen MR) is 108 cm³/mol. The molecule has 4 aromatic rings. The van der Waals surface area contributed by atoms with Crippen LogP contribution in [0.5, 0.6) is 0 Å². The predicted octanol–water partition coefficient (Wildman–Crippen LogP) is 2.59. The molecule has 1 saturated heterocycles. The Labute approximate surface area is 172 Å². The topological polar surface area (TPSA) is 103 Å². The molecular weight excluding hydrogens is 382 g/mol. The smallest absolute Gasteiger partial charge is 0.244 e. The molecule has 0 spiro atoms. The van der Waals surface area contributed by atoms with Crippen molar-refractivity contribution in [3.8, 4) is 11.3 Å². The maximum absolute atomic E-state index is 12.8. The Morgan fingerprint density at radius 2 is 2.07 bits per heavy atom. The van der Waals surface area contributed by atoms with E-state index >= 15 is 0 Å². The average molecular weight is 403 g/mol. The maximum atomic E-state index is 12.8. The van der Waals surface area contributed by atoms with Crippen LogP contribution in [0.4, 0.5) is 0 Å². The summed E-state index contributed by atoms with van der Waals surface area (Å²) in [6, 6.07) is 9.55. The number of fused-ring (bicyclic) bond motifs is 1. The van der Waals surface area contributed by atoms with E-state index in [4.69, 9.17) is 4.52 Å². The minimum atomic E-state index is 0.0536. The number of nitrogens with zero attached hydrogens (tertiary/aromatic N) is 7. The lowest BCUT2D eigenvalue weighted by molar-refractivity contribution is -0.133. The van der Waals surface area contributed by atoms with Crippen molar-refractivity contribution >= 4 is 16.9 Å². The Hall–Kier alpha value is -3.62.